The highest BCUT2D eigenvalue weighted by Gasteiger charge is 2.08. The van der Waals surface area contributed by atoms with Crippen molar-refractivity contribution in [2.24, 2.45) is 0 Å². The van der Waals surface area contributed by atoms with Crippen LogP contribution < -0.4 is 0 Å². The van der Waals surface area contributed by atoms with Gasteiger partial charge in [-0.05, 0) is 52.9 Å². The molecule has 0 fully saturated rings. The minimum atomic E-state index is 0.729. The lowest BCUT2D eigenvalue weighted by molar-refractivity contribution is 0.587. The van der Waals surface area contributed by atoms with Crippen molar-refractivity contribution >= 4 is 45.0 Å². The van der Waals surface area contributed by atoms with Gasteiger partial charge in [0.2, 0.25) is 0 Å². The second-order valence-corrected chi connectivity index (χ2v) is 5.49. The summed E-state index contributed by atoms with van der Waals surface area (Å²) in [6.45, 7) is 0. The Balaban J connectivity index is 2.21. The second-order valence-electron chi connectivity index (χ2n) is 3.80. The maximum Gasteiger partial charge on any atom is 0.141 e. The monoisotopic (exact) mass is 354 g/mol. The van der Waals surface area contributed by atoms with Crippen molar-refractivity contribution in [1.82, 2.24) is 0 Å². The smallest absolute Gasteiger partial charge is 0.141 e. The lowest BCUT2D eigenvalue weighted by atomic mass is 10.1. The van der Waals surface area contributed by atoms with E-state index in [2.05, 4.69) is 46.9 Å². The van der Waals surface area contributed by atoms with Gasteiger partial charge in [0.1, 0.15) is 5.76 Å². The van der Waals surface area contributed by atoms with Gasteiger partial charge in [0.25, 0.3) is 0 Å². The van der Waals surface area contributed by atoms with Gasteiger partial charge in [-0.3, -0.25) is 0 Å². The molecular weight excluding hydrogens is 347 g/mol. The van der Waals surface area contributed by atoms with Crippen LogP contribution in [0.5, 0.6) is 0 Å². The summed E-state index contributed by atoms with van der Waals surface area (Å²) >= 11 is 8.24. The Morgan fingerprint density at radius 1 is 1.00 bits per heavy atom. The van der Waals surface area contributed by atoms with Gasteiger partial charge in [-0.1, -0.05) is 23.7 Å². The molecule has 0 N–H and O–H groups in total. The molecule has 1 aromatic heterocycles. The Morgan fingerprint density at radius 3 is 2.53 bits per heavy atom. The second kappa shape index (κ2) is 4.35. The van der Waals surface area contributed by atoms with E-state index < -0.39 is 0 Å². The Kier molecular flexibility index (Phi) is 2.84. The van der Waals surface area contributed by atoms with Gasteiger partial charge >= 0.3 is 0 Å². The van der Waals surface area contributed by atoms with Crippen LogP contribution in [0.15, 0.2) is 53.1 Å². The summed E-state index contributed by atoms with van der Waals surface area (Å²) < 4.78 is 6.85. The lowest BCUT2D eigenvalue weighted by Crippen LogP contribution is -1.76. The highest BCUT2D eigenvalue weighted by Crippen LogP contribution is 2.32. The molecule has 0 saturated carbocycles. The minimum absolute atomic E-state index is 0.729. The first-order chi connectivity index (χ1) is 8.24. The molecule has 2 aromatic carbocycles. The SMILES string of the molecule is Clc1ccc2c(-c3ccc(I)cc3)occ2c1. The molecule has 1 heterocycles. The first kappa shape index (κ1) is 11.1. The van der Waals surface area contributed by atoms with Crippen LogP contribution in [0.3, 0.4) is 0 Å². The van der Waals surface area contributed by atoms with Crippen LogP contribution >= 0.6 is 34.2 Å². The fourth-order valence-electron chi connectivity index (χ4n) is 1.85. The Labute approximate surface area is 118 Å². The van der Waals surface area contributed by atoms with Crippen molar-refractivity contribution in [1.29, 1.82) is 0 Å². The van der Waals surface area contributed by atoms with Crippen molar-refractivity contribution in [3.8, 4) is 11.3 Å². The van der Waals surface area contributed by atoms with Gasteiger partial charge in [0.15, 0.2) is 0 Å². The summed E-state index contributed by atoms with van der Waals surface area (Å²) in [5.74, 6) is 0.896. The summed E-state index contributed by atoms with van der Waals surface area (Å²) in [6, 6.07) is 14.1. The van der Waals surface area contributed by atoms with Gasteiger partial charge < -0.3 is 4.42 Å². The third-order valence-corrected chi connectivity index (χ3v) is 3.62. The number of fused-ring (bicyclic) bond motifs is 1. The van der Waals surface area contributed by atoms with Gasteiger partial charge in [0.05, 0.1) is 6.26 Å². The topological polar surface area (TPSA) is 13.1 Å². The number of halogens is 2. The normalized spacial score (nSPS) is 10.9. The molecule has 0 bridgehead atoms. The Hall–Kier alpha value is -1.00. The molecule has 0 radical (unpaired) electrons. The zero-order valence-corrected chi connectivity index (χ0v) is 11.7. The lowest BCUT2D eigenvalue weighted by Gasteiger charge is -1.98. The van der Waals surface area contributed by atoms with E-state index in [-0.39, 0.29) is 0 Å². The molecule has 3 aromatic rings. The molecule has 1 nitrogen and oxygen atoms in total. The molecule has 3 heteroatoms. The molecule has 0 aliphatic heterocycles. The number of furan rings is 1. The molecule has 0 aliphatic carbocycles. The van der Waals surface area contributed by atoms with Crippen molar-refractivity contribution in [2.75, 3.05) is 0 Å². The maximum absolute atomic E-state index is 5.95. The Morgan fingerprint density at radius 2 is 1.76 bits per heavy atom. The van der Waals surface area contributed by atoms with E-state index in [1.807, 2.05) is 18.2 Å². The van der Waals surface area contributed by atoms with Crippen LogP contribution in [0.1, 0.15) is 0 Å². The highest BCUT2D eigenvalue weighted by molar-refractivity contribution is 14.1. The summed E-state index contributed by atoms with van der Waals surface area (Å²) in [6.07, 6.45) is 1.74. The van der Waals surface area contributed by atoms with Crippen molar-refractivity contribution in [3.63, 3.8) is 0 Å². The predicted octanol–water partition coefficient (Wildman–Crippen LogP) is 5.36. The molecule has 0 saturated heterocycles. The van der Waals surface area contributed by atoms with Crippen LogP contribution in [-0.4, -0.2) is 0 Å². The van der Waals surface area contributed by atoms with Gasteiger partial charge in [-0.25, -0.2) is 0 Å². The molecule has 0 spiro atoms. The first-order valence-corrected chi connectivity index (χ1v) is 6.62. The van der Waals surface area contributed by atoms with Crippen LogP contribution in [0.4, 0.5) is 0 Å². The van der Waals surface area contributed by atoms with Crippen LogP contribution in [-0.2, 0) is 0 Å². The number of benzene rings is 2. The van der Waals surface area contributed by atoms with Crippen molar-refractivity contribution in [2.45, 2.75) is 0 Å². The largest absolute Gasteiger partial charge is 0.463 e. The van der Waals surface area contributed by atoms with Crippen molar-refractivity contribution in [3.05, 3.63) is 57.3 Å². The molecule has 3 rings (SSSR count). The van der Waals surface area contributed by atoms with E-state index in [4.69, 9.17) is 16.0 Å². The Bertz CT molecular complexity index is 670. The minimum Gasteiger partial charge on any atom is -0.463 e. The zero-order chi connectivity index (χ0) is 11.8. The highest BCUT2D eigenvalue weighted by atomic mass is 127. The van der Waals surface area contributed by atoms with E-state index in [0.29, 0.717) is 0 Å². The third-order valence-electron chi connectivity index (χ3n) is 2.67. The van der Waals surface area contributed by atoms with E-state index in [0.717, 1.165) is 27.1 Å². The predicted molar refractivity (Wildman–Crippen MR) is 79.4 cm³/mol. The quantitative estimate of drug-likeness (QED) is 0.536. The zero-order valence-electron chi connectivity index (χ0n) is 8.78. The van der Waals surface area contributed by atoms with Crippen LogP contribution in [0.25, 0.3) is 22.1 Å². The molecule has 0 aliphatic rings. The van der Waals surface area contributed by atoms with E-state index in [1.165, 1.54) is 3.57 Å². The van der Waals surface area contributed by atoms with Gasteiger partial charge in [0, 0.05) is 24.9 Å². The van der Waals surface area contributed by atoms with Gasteiger partial charge in [-0.15, -0.1) is 0 Å². The molecule has 0 unspecified atom stereocenters. The summed E-state index contributed by atoms with van der Waals surface area (Å²) in [5, 5.41) is 2.86. The summed E-state index contributed by atoms with van der Waals surface area (Å²) in [4.78, 5) is 0. The average molecular weight is 355 g/mol. The van der Waals surface area contributed by atoms with Gasteiger partial charge in [-0.2, -0.15) is 0 Å². The number of rotatable bonds is 1. The average Bonchev–Trinajstić information content (AvgIpc) is 2.73. The fraction of sp³-hybridized carbons (Fsp3) is 0. The molecule has 0 atom stereocenters. The standard InChI is InChI=1S/C14H8ClIO/c15-11-3-6-13-10(7-11)8-17-14(13)9-1-4-12(16)5-2-9/h1-8H. The number of hydrogen-bond acceptors (Lipinski definition) is 1. The maximum atomic E-state index is 5.95. The molecule has 0 amide bonds. The summed E-state index contributed by atoms with van der Waals surface area (Å²) in [7, 11) is 0. The van der Waals surface area contributed by atoms with E-state index >= 15 is 0 Å². The number of hydrogen-bond donors (Lipinski definition) is 0. The fourth-order valence-corrected chi connectivity index (χ4v) is 2.39. The molecule has 84 valence electrons. The van der Waals surface area contributed by atoms with Crippen LogP contribution in [0, 0.1) is 3.57 Å². The molecule has 17 heavy (non-hydrogen) atoms. The first-order valence-electron chi connectivity index (χ1n) is 5.17. The van der Waals surface area contributed by atoms with E-state index in [1.54, 1.807) is 6.26 Å². The van der Waals surface area contributed by atoms with Crippen molar-refractivity contribution < 1.29 is 4.42 Å². The third kappa shape index (κ3) is 2.07. The molecular formula is C14H8ClIO. The van der Waals surface area contributed by atoms with Crippen LogP contribution in [0.2, 0.25) is 5.02 Å². The summed E-state index contributed by atoms with van der Waals surface area (Å²) in [5.41, 5.74) is 1.09. The van der Waals surface area contributed by atoms with E-state index in [9.17, 15) is 0 Å².